The average molecular weight is 555 g/mol. The molecule has 0 unspecified atom stereocenters. The molecule has 0 atom stereocenters. The van der Waals surface area contributed by atoms with E-state index in [4.69, 9.17) is 5.41 Å². The third-order valence-electron chi connectivity index (χ3n) is 7.04. The zero-order valence-electron chi connectivity index (χ0n) is 21.4. The Bertz CT molecular complexity index is 1910. The number of aryl methyl sites for hydroxylation is 1. The monoisotopic (exact) mass is 554 g/mol. The van der Waals surface area contributed by atoms with Crippen LogP contribution in [-0.2, 0) is 19.4 Å². The molecule has 4 N–H and O–H groups in total. The number of hydrogen-bond acceptors (Lipinski definition) is 7. The van der Waals surface area contributed by atoms with Crippen LogP contribution < -0.4 is 21.7 Å². The summed E-state index contributed by atoms with van der Waals surface area (Å²) in [6.07, 6.45) is 5.12. The summed E-state index contributed by atoms with van der Waals surface area (Å²) in [6.45, 7) is -0.335. The van der Waals surface area contributed by atoms with Crippen LogP contribution in [0.5, 0.6) is 0 Å². The lowest BCUT2D eigenvalue weighted by Crippen LogP contribution is -2.33. The van der Waals surface area contributed by atoms with Gasteiger partial charge in [0.15, 0.2) is 0 Å². The fourth-order valence-corrected chi connectivity index (χ4v) is 6.44. The number of aromatic nitrogens is 3. The van der Waals surface area contributed by atoms with Gasteiger partial charge in [-0.1, -0.05) is 24.3 Å². The number of hydrogen-bond donors (Lipinski definition) is 4. The molecular weight excluding hydrogens is 528 g/mol. The first kappa shape index (κ1) is 25.7. The summed E-state index contributed by atoms with van der Waals surface area (Å²) in [5.74, 6) is -0.932. The smallest absolute Gasteiger partial charge is 0.267 e. The van der Waals surface area contributed by atoms with Crippen molar-refractivity contribution in [3.05, 3.63) is 98.2 Å². The van der Waals surface area contributed by atoms with E-state index in [1.54, 1.807) is 36.5 Å². The predicted octanol–water partition coefficient (Wildman–Crippen LogP) is 3.57. The molecule has 0 saturated heterocycles. The van der Waals surface area contributed by atoms with Gasteiger partial charge < -0.3 is 20.3 Å². The first-order valence-electron chi connectivity index (χ1n) is 13.0. The predicted molar refractivity (Wildman–Crippen MR) is 153 cm³/mol. The molecule has 1 aliphatic carbocycles. The minimum Gasteiger partial charge on any atom is -0.395 e. The number of rotatable bonds is 6. The van der Waals surface area contributed by atoms with E-state index in [9.17, 15) is 19.5 Å². The largest absolute Gasteiger partial charge is 0.395 e. The fourth-order valence-electron chi connectivity index (χ4n) is 5.16. The molecule has 0 bridgehead atoms. The number of thiophene rings is 1. The first-order valence-corrected chi connectivity index (χ1v) is 13.8. The first-order chi connectivity index (χ1) is 19.5. The quantitative estimate of drug-likeness (QED) is 0.238. The third kappa shape index (κ3) is 4.48. The standard InChI is InChI=1S/C29H26N6O4S/c30-24-19(16-20-25(35(24)14-15-36)32-22-12-6-7-13-34(22)29(20)39)26(37)33-28-23(18-10-4-5-11-21(18)40-28)27(38)31-17-8-2-1-3-9-17/h1-3,6-9,12-13,16,30,36H,4-5,10-11,14-15H2,(H,31,38)(H,33,37). The summed E-state index contributed by atoms with van der Waals surface area (Å²) in [5.41, 5.74) is 1.97. The number of para-hydroxylation sites is 1. The summed E-state index contributed by atoms with van der Waals surface area (Å²) in [4.78, 5) is 46.1. The number of nitrogens with one attached hydrogen (secondary N) is 3. The number of fused-ring (bicyclic) bond motifs is 3. The second kappa shape index (κ2) is 10.5. The van der Waals surface area contributed by atoms with E-state index in [0.29, 0.717) is 21.9 Å². The molecule has 10 nitrogen and oxygen atoms in total. The average Bonchev–Trinajstić information content (AvgIpc) is 3.33. The van der Waals surface area contributed by atoms with E-state index in [-0.39, 0.29) is 41.1 Å². The maximum absolute atomic E-state index is 13.7. The molecule has 5 aromatic rings. The molecule has 4 heterocycles. The lowest BCUT2D eigenvalue weighted by molar-refractivity contribution is 0.102. The van der Waals surface area contributed by atoms with Gasteiger partial charge in [0.05, 0.1) is 23.1 Å². The second-order valence-corrected chi connectivity index (χ2v) is 10.7. The van der Waals surface area contributed by atoms with Crippen LogP contribution in [0, 0.1) is 5.41 Å². The molecule has 0 aliphatic heterocycles. The molecule has 2 amide bonds. The molecule has 1 aliphatic rings. The fraction of sp³-hybridized carbons (Fsp3) is 0.207. The van der Waals surface area contributed by atoms with Crippen LogP contribution in [0.15, 0.2) is 65.6 Å². The number of aliphatic hydroxyl groups is 1. The van der Waals surface area contributed by atoms with Crippen molar-refractivity contribution in [1.29, 1.82) is 5.41 Å². The molecule has 0 saturated carbocycles. The molecule has 0 fully saturated rings. The topological polar surface area (TPSA) is 142 Å². The van der Waals surface area contributed by atoms with Crippen LogP contribution in [-0.4, -0.2) is 37.5 Å². The Morgan fingerprint density at radius 2 is 1.80 bits per heavy atom. The number of carbonyl (C=O) groups excluding carboxylic acids is 2. The molecule has 1 aromatic carbocycles. The molecule has 6 rings (SSSR count). The molecule has 0 spiro atoms. The lowest BCUT2D eigenvalue weighted by Gasteiger charge is -2.15. The molecule has 4 aromatic heterocycles. The zero-order chi connectivity index (χ0) is 27.8. The van der Waals surface area contributed by atoms with Crippen LogP contribution in [0.1, 0.15) is 44.0 Å². The molecule has 202 valence electrons. The van der Waals surface area contributed by atoms with Crippen molar-refractivity contribution < 1.29 is 14.7 Å². The van der Waals surface area contributed by atoms with Gasteiger partial charge in [0.1, 0.15) is 21.8 Å². The van der Waals surface area contributed by atoms with Gasteiger partial charge in [0, 0.05) is 23.3 Å². The number of aliphatic hydroxyl groups excluding tert-OH is 1. The summed E-state index contributed by atoms with van der Waals surface area (Å²) in [7, 11) is 0. The van der Waals surface area contributed by atoms with Crippen molar-refractivity contribution in [2.75, 3.05) is 17.2 Å². The van der Waals surface area contributed by atoms with Gasteiger partial charge in [0.2, 0.25) is 0 Å². The SMILES string of the molecule is N=c1c(C(=O)Nc2sc3c(c2C(=O)Nc2ccccc2)CCCC3)cc2c(=O)n3ccccc3nc2n1CCO. The minimum atomic E-state index is -0.622. The van der Waals surface area contributed by atoms with Gasteiger partial charge in [-0.05, 0) is 61.6 Å². The number of carbonyl (C=O) groups is 2. The molecule has 0 radical (unpaired) electrons. The van der Waals surface area contributed by atoms with Crippen molar-refractivity contribution in [1.82, 2.24) is 14.0 Å². The molecule has 40 heavy (non-hydrogen) atoms. The van der Waals surface area contributed by atoms with Crippen LogP contribution in [0.25, 0.3) is 16.7 Å². The van der Waals surface area contributed by atoms with Crippen LogP contribution in [0.3, 0.4) is 0 Å². The lowest BCUT2D eigenvalue weighted by atomic mass is 9.95. The Labute approximate surface area is 232 Å². The number of nitrogens with zero attached hydrogens (tertiary/aromatic N) is 3. The number of anilines is 2. The van der Waals surface area contributed by atoms with E-state index in [0.717, 1.165) is 36.1 Å². The summed E-state index contributed by atoms with van der Waals surface area (Å²) in [5, 5.41) is 24.9. The Kier molecular flexibility index (Phi) is 6.74. The van der Waals surface area contributed by atoms with Crippen molar-refractivity contribution in [2.45, 2.75) is 32.2 Å². The highest BCUT2D eigenvalue weighted by Gasteiger charge is 2.27. The summed E-state index contributed by atoms with van der Waals surface area (Å²) in [6, 6.07) is 15.6. The van der Waals surface area contributed by atoms with Crippen molar-refractivity contribution in [2.24, 2.45) is 0 Å². The Morgan fingerprint density at radius 1 is 1.02 bits per heavy atom. The number of benzene rings is 1. The Morgan fingerprint density at radius 3 is 2.60 bits per heavy atom. The highest BCUT2D eigenvalue weighted by molar-refractivity contribution is 7.17. The third-order valence-corrected chi connectivity index (χ3v) is 8.25. The highest BCUT2D eigenvalue weighted by atomic mass is 32.1. The highest BCUT2D eigenvalue weighted by Crippen LogP contribution is 2.38. The van der Waals surface area contributed by atoms with E-state index < -0.39 is 11.5 Å². The van der Waals surface area contributed by atoms with Crippen LogP contribution in [0.4, 0.5) is 10.7 Å². The van der Waals surface area contributed by atoms with E-state index in [1.165, 1.54) is 26.4 Å². The maximum Gasteiger partial charge on any atom is 0.267 e. The Hall–Kier alpha value is -4.61. The number of pyridine rings is 2. The zero-order valence-corrected chi connectivity index (χ0v) is 22.3. The van der Waals surface area contributed by atoms with Gasteiger partial charge in [-0.25, -0.2) is 4.98 Å². The van der Waals surface area contributed by atoms with Gasteiger partial charge >= 0.3 is 0 Å². The maximum atomic E-state index is 13.7. The van der Waals surface area contributed by atoms with Gasteiger partial charge in [0.25, 0.3) is 17.4 Å². The van der Waals surface area contributed by atoms with E-state index in [1.807, 2.05) is 18.2 Å². The van der Waals surface area contributed by atoms with Gasteiger partial charge in [-0.2, -0.15) is 0 Å². The normalized spacial score (nSPS) is 12.8. The number of amides is 2. The van der Waals surface area contributed by atoms with Crippen molar-refractivity contribution >= 4 is 50.5 Å². The Balaban J connectivity index is 1.44. The summed E-state index contributed by atoms with van der Waals surface area (Å²) < 4.78 is 2.73. The van der Waals surface area contributed by atoms with Crippen molar-refractivity contribution in [3.63, 3.8) is 0 Å². The summed E-state index contributed by atoms with van der Waals surface area (Å²) >= 11 is 1.37. The van der Waals surface area contributed by atoms with E-state index >= 15 is 0 Å². The van der Waals surface area contributed by atoms with Crippen molar-refractivity contribution in [3.8, 4) is 0 Å². The van der Waals surface area contributed by atoms with E-state index in [2.05, 4.69) is 15.6 Å². The molecule has 11 heteroatoms. The molecular formula is C29H26N6O4S. The van der Waals surface area contributed by atoms with Crippen LogP contribution >= 0.6 is 11.3 Å². The second-order valence-electron chi connectivity index (χ2n) is 9.55. The van der Waals surface area contributed by atoms with Gasteiger partial charge in [-0.15, -0.1) is 11.3 Å². The van der Waals surface area contributed by atoms with Gasteiger partial charge in [-0.3, -0.25) is 24.2 Å². The minimum absolute atomic E-state index is 0.0239. The van der Waals surface area contributed by atoms with Crippen LogP contribution in [0.2, 0.25) is 0 Å².